The van der Waals surface area contributed by atoms with Gasteiger partial charge in [0.1, 0.15) is 0 Å². The fourth-order valence-corrected chi connectivity index (χ4v) is 2.33. The van der Waals surface area contributed by atoms with Gasteiger partial charge in [0.15, 0.2) is 0 Å². The summed E-state index contributed by atoms with van der Waals surface area (Å²) in [5.41, 5.74) is 5.88. The largest absolute Gasteiger partial charge is 0.337 e. The van der Waals surface area contributed by atoms with Crippen LogP contribution in [0, 0.1) is 6.92 Å². The molecule has 0 saturated carbocycles. The second kappa shape index (κ2) is 6.61. The topological polar surface area (TPSA) is 58.4 Å². The third-order valence-corrected chi connectivity index (χ3v) is 3.71. The van der Waals surface area contributed by atoms with E-state index in [0.29, 0.717) is 17.1 Å². The Morgan fingerprint density at radius 1 is 1.29 bits per heavy atom. The third kappa shape index (κ3) is 3.54. The maximum absolute atomic E-state index is 12.4. The molecule has 0 spiro atoms. The molecule has 0 aliphatic carbocycles. The van der Waals surface area contributed by atoms with Crippen LogP contribution in [0.2, 0.25) is 5.02 Å². The first-order valence-electron chi connectivity index (χ1n) is 6.59. The Balaban J connectivity index is 2.16. The molecule has 2 aromatic rings. The van der Waals surface area contributed by atoms with Crippen molar-refractivity contribution < 1.29 is 4.79 Å². The molecule has 2 aromatic carbocycles. The molecule has 4 nitrogen and oxygen atoms in total. The predicted molar refractivity (Wildman–Crippen MR) is 86.2 cm³/mol. The minimum absolute atomic E-state index is 0.0541. The van der Waals surface area contributed by atoms with Crippen molar-refractivity contribution in [1.29, 1.82) is 0 Å². The maximum Gasteiger partial charge on any atom is 0.253 e. The van der Waals surface area contributed by atoms with Gasteiger partial charge in [-0.1, -0.05) is 29.8 Å². The summed E-state index contributed by atoms with van der Waals surface area (Å²) in [5.74, 6) is 5.34. The average Bonchev–Trinajstić information content (AvgIpc) is 2.48. The molecule has 0 aliphatic heterocycles. The molecular formula is C16H18ClN3O. The molecular weight excluding hydrogens is 286 g/mol. The third-order valence-electron chi connectivity index (χ3n) is 3.34. The first-order chi connectivity index (χ1) is 10.0. The Morgan fingerprint density at radius 3 is 2.62 bits per heavy atom. The summed E-state index contributed by atoms with van der Waals surface area (Å²) in [5, 5.41) is 0.663. The SMILES string of the molecule is Cc1cc(C(=O)N(C)Cc2ccccc2Cl)ccc1NN. The van der Waals surface area contributed by atoms with Crippen LogP contribution in [0.5, 0.6) is 0 Å². The lowest BCUT2D eigenvalue weighted by molar-refractivity contribution is 0.0785. The first-order valence-corrected chi connectivity index (χ1v) is 6.97. The Labute approximate surface area is 129 Å². The highest BCUT2D eigenvalue weighted by molar-refractivity contribution is 6.31. The minimum atomic E-state index is -0.0541. The van der Waals surface area contributed by atoms with E-state index in [0.717, 1.165) is 16.8 Å². The van der Waals surface area contributed by atoms with Crippen molar-refractivity contribution in [1.82, 2.24) is 4.90 Å². The molecule has 0 fully saturated rings. The summed E-state index contributed by atoms with van der Waals surface area (Å²) < 4.78 is 0. The quantitative estimate of drug-likeness (QED) is 0.673. The summed E-state index contributed by atoms with van der Waals surface area (Å²) in [6, 6.07) is 12.9. The predicted octanol–water partition coefficient (Wildman–Crippen LogP) is 3.21. The monoisotopic (exact) mass is 303 g/mol. The van der Waals surface area contributed by atoms with E-state index >= 15 is 0 Å². The van der Waals surface area contributed by atoms with Gasteiger partial charge in [-0.15, -0.1) is 0 Å². The van der Waals surface area contributed by atoms with Crippen LogP contribution in [0.15, 0.2) is 42.5 Å². The van der Waals surface area contributed by atoms with Gasteiger partial charge in [-0.05, 0) is 42.3 Å². The molecule has 2 rings (SSSR count). The highest BCUT2D eigenvalue weighted by Crippen LogP contribution is 2.19. The first kappa shape index (κ1) is 15.4. The van der Waals surface area contributed by atoms with Gasteiger partial charge >= 0.3 is 0 Å². The minimum Gasteiger partial charge on any atom is -0.337 e. The van der Waals surface area contributed by atoms with Crippen molar-refractivity contribution in [3.63, 3.8) is 0 Å². The summed E-state index contributed by atoms with van der Waals surface area (Å²) >= 11 is 6.12. The van der Waals surface area contributed by atoms with Crippen molar-refractivity contribution in [2.75, 3.05) is 12.5 Å². The van der Waals surface area contributed by atoms with Crippen molar-refractivity contribution in [2.24, 2.45) is 5.84 Å². The number of nitrogens with one attached hydrogen (secondary N) is 1. The van der Waals surface area contributed by atoms with Crippen LogP contribution >= 0.6 is 11.6 Å². The number of nitrogens with two attached hydrogens (primary N) is 1. The van der Waals surface area contributed by atoms with Crippen LogP contribution in [0.25, 0.3) is 0 Å². The summed E-state index contributed by atoms with van der Waals surface area (Å²) in [4.78, 5) is 14.1. The van der Waals surface area contributed by atoms with E-state index in [9.17, 15) is 4.79 Å². The van der Waals surface area contributed by atoms with Crippen LogP contribution in [0.3, 0.4) is 0 Å². The smallest absolute Gasteiger partial charge is 0.253 e. The molecule has 0 radical (unpaired) electrons. The summed E-state index contributed by atoms with van der Waals surface area (Å²) in [6.45, 7) is 2.37. The Hall–Kier alpha value is -2.04. The van der Waals surface area contributed by atoms with Crippen molar-refractivity contribution in [3.8, 4) is 0 Å². The fraction of sp³-hybridized carbons (Fsp3) is 0.188. The van der Waals surface area contributed by atoms with E-state index in [4.69, 9.17) is 17.4 Å². The van der Waals surface area contributed by atoms with Crippen LogP contribution in [0.1, 0.15) is 21.5 Å². The van der Waals surface area contributed by atoms with Gasteiger partial charge in [0, 0.05) is 24.2 Å². The number of nitrogens with zero attached hydrogens (tertiary/aromatic N) is 1. The summed E-state index contributed by atoms with van der Waals surface area (Å²) in [6.07, 6.45) is 0. The number of aryl methyl sites for hydroxylation is 1. The molecule has 1 amide bonds. The normalized spacial score (nSPS) is 10.3. The standard InChI is InChI=1S/C16H18ClN3O/c1-11-9-12(7-8-15(11)19-18)16(21)20(2)10-13-5-3-4-6-14(13)17/h3-9,19H,10,18H2,1-2H3. The highest BCUT2D eigenvalue weighted by atomic mass is 35.5. The average molecular weight is 304 g/mol. The molecule has 21 heavy (non-hydrogen) atoms. The second-order valence-electron chi connectivity index (χ2n) is 4.93. The number of halogens is 1. The zero-order valence-electron chi connectivity index (χ0n) is 12.1. The van der Waals surface area contributed by atoms with Gasteiger partial charge in [0.05, 0.1) is 5.69 Å². The van der Waals surface area contributed by atoms with E-state index < -0.39 is 0 Å². The van der Waals surface area contributed by atoms with Crippen LogP contribution < -0.4 is 11.3 Å². The highest BCUT2D eigenvalue weighted by Gasteiger charge is 2.14. The maximum atomic E-state index is 12.4. The lowest BCUT2D eigenvalue weighted by Crippen LogP contribution is -2.26. The van der Waals surface area contributed by atoms with Crippen LogP contribution in [0.4, 0.5) is 5.69 Å². The van der Waals surface area contributed by atoms with Gasteiger partial charge in [-0.25, -0.2) is 0 Å². The molecule has 0 atom stereocenters. The van der Waals surface area contributed by atoms with Gasteiger partial charge in [0.2, 0.25) is 0 Å². The number of hydrazine groups is 1. The van der Waals surface area contributed by atoms with Gasteiger partial charge < -0.3 is 10.3 Å². The number of carbonyl (C=O) groups is 1. The van der Waals surface area contributed by atoms with Gasteiger partial charge in [0.25, 0.3) is 5.91 Å². The van der Waals surface area contributed by atoms with E-state index in [1.165, 1.54) is 0 Å². The zero-order chi connectivity index (χ0) is 15.4. The lowest BCUT2D eigenvalue weighted by atomic mass is 10.1. The molecule has 0 heterocycles. The zero-order valence-corrected chi connectivity index (χ0v) is 12.8. The Bertz CT molecular complexity index is 658. The molecule has 3 N–H and O–H groups in total. The molecule has 5 heteroatoms. The van der Waals surface area contributed by atoms with Gasteiger partial charge in [-0.3, -0.25) is 10.6 Å². The molecule has 0 saturated heterocycles. The van der Waals surface area contributed by atoms with Crippen molar-refractivity contribution in [2.45, 2.75) is 13.5 Å². The molecule has 0 aliphatic rings. The number of carbonyl (C=O) groups excluding carboxylic acids is 1. The molecule has 0 unspecified atom stereocenters. The number of benzene rings is 2. The molecule has 110 valence electrons. The Kier molecular flexibility index (Phi) is 4.83. The van der Waals surface area contributed by atoms with Crippen LogP contribution in [-0.4, -0.2) is 17.9 Å². The summed E-state index contributed by atoms with van der Waals surface area (Å²) in [7, 11) is 1.76. The number of hydrogen-bond acceptors (Lipinski definition) is 3. The van der Waals surface area contributed by atoms with Gasteiger partial charge in [-0.2, -0.15) is 0 Å². The van der Waals surface area contributed by atoms with E-state index in [1.807, 2.05) is 37.3 Å². The Morgan fingerprint density at radius 2 is 2.00 bits per heavy atom. The van der Waals surface area contributed by atoms with Crippen molar-refractivity contribution in [3.05, 3.63) is 64.2 Å². The number of nitrogen functional groups attached to an aromatic ring is 1. The van der Waals surface area contributed by atoms with Crippen LogP contribution in [-0.2, 0) is 6.54 Å². The number of rotatable bonds is 4. The van der Waals surface area contributed by atoms with E-state index in [1.54, 1.807) is 24.1 Å². The van der Waals surface area contributed by atoms with E-state index in [-0.39, 0.29) is 5.91 Å². The van der Waals surface area contributed by atoms with E-state index in [2.05, 4.69) is 5.43 Å². The second-order valence-corrected chi connectivity index (χ2v) is 5.33. The van der Waals surface area contributed by atoms with Crippen molar-refractivity contribution >= 4 is 23.2 Å². The number of anilines is 1. The number of hydrogen-bond donors (Lipinski definition) is 2. The number of amides is 1. The fourth-order valence-electron chi connectivity index (χ4n) is 2.13. The molecule has 0 aromatic heterocycles. The lowest BCUT2D eigenvalue weighted by Gasteiger charge is -2.18. The molecule has 0 bridgehead atoms.